The summed E-state index contributed by atoms with van der Waals surface area (Å²) in [5.74, 6) is 5.70. The van der Waals surface area contributed by atoms with E-state index >= 15 is 0 Å². The Kier molecular flexibility index (Phi) is 2.50. The van der Waals surface area contributed by atoms with Gasteiger partial charge in [0.2, 0.25) is 0 Å². The molecule has 3 N–H and O–H groups in total. The van der Waals surface area contributed by atoms with Gasteiger partial charge in [0.15, 0.2) is 0 Å². The molecule has 0 saturated carbocycles. The number of pyridine rings is 1. The van der Waals surface area contributed by atoms with Crippen molar-refractivity contribution in [3.05, 3.63) is 18.3 Å². The summed E-state index contributed by atoms with van der Waals surface area (Å²) in [6.07, 6.45) is 1.58. The zero-order valence-electron chi connectivity index (χ0n) is 7.11. The highest BCUT2D eigenvalue weighted by Gasteiger charge is 2.10. The second kappa shape index (κ2) is 3.25. The first kappa shape index (κ1) is 9.23. The van der Waals surface area contributed by atoms with Crippen LogP contribution in [0.4, 0.5) is 5.82 Å². The summed E-state index contributed by atoms with van der Waals surface area (Å²) >= 11 is 0. The quantitative estimate of drug-likeness (QED) is 0.402. The highest BCUT2D eigenvalue weighted by Crippen LogP contribution is 2.33. The molecule has 0 aliphatic heterocycles. The van der Waals surface area contributed by atoms with E-state index in [0.717, 1.165) is 5.30 Å². The van der Waals surface area contributed by atoms with Crippen LogP contribution in [0.2, 0.25) is 0 Å². The van der Waals surface area contributed by atoms with Gasteiger partial charge in [-0.15, -0.1) is 0 Å². The number of nitrogen functional groups attached to an aromatic ring is 1. The first-order valence-electron chi connectivity index (χ1n) is 3.52. The Balaban J connectivity index is 3.01. The van der Waals surface area contributed by atoms with E-state index in [1.165, 1.54) is 0 Å². The highest BCUT2D eigenvalue weighted by atomic mass is 31.2. The molecule has 5 heteroatoms. The Bertz CT molecular complexity index is 303. The van der Waals surface area contributed by atoms with Gasteiger partial charge in [0.25, 0.3) is 0 Å². The molecule has 66 valence electrons. The molecule has 0 radical (unpaired) electrons. The van der Waals surface area contributed by atoms with Crippen molar-refractivity contribution in [2.24, 2.45) is 5.84 Å². The Morgan fingerprint density at radius 3 is 2.50 bits per heavy atom. The van der Waals surface area contributed by atoms with Crippen molar-refractivity contribution in [3.8, 4) is 0 Å². The lowest BCUT2D eigenvalue weighted by Gasteiger charge is -2.06. The summed E-state index contributed by atoms with van der Waals surface area (Å²) in [5, 5.41) is 0.765. The van der Waals surface area contributed by atoms with Gasteiger partial charge < -0.3 is 9.99 Å². The van der Waals surface area contributed by atoms with Gasteiger partial charge in [0, 0.05) is 11.5 Å². The van der Waals surface area contributed by atoms with Crippen molar-refractivity contribution in [2.75, 3.05) is 18.8 Å². The van der Waals surface area contributed by atoms with Crippen molar-refractivity contribution < 1.29 is 4.57 Å². The van der Waals surface area contributed by atoms with Crippen molar-refractivity contribution in [1.82, 2.24) is 4.98 Å². The van der Waals surface area contributed by atoms with E-state index in [1.54, 1.807) is 31.7 Å². The van der Waals surface area contributed by atoms with Crippen LogP contribution < -0.4 is 16.6 Å². The van der Waals surface area contributed by atoms with Crippen LogP contribution >= 0.6 is 7.14 Å². The summed E-state index contributed by atoms with van der Waals surface area (Å²) in [4.78, 5) is 3.96. The van der Waals surface area contributed by atoms with E-state index in [2.05, 4.69) is 10.4 Å². The summed E-state index contributed by atoms with van der Waals surface area (Å²) in [7, 11) is -2.18. The molecule has 0 saturated heterocycles. The highest BCUT2D eigenvalue weighted by molar-refractivity contribution is 7.70. The molecule has 1 heterocycles. The van der Waals surface area contributed by atoms with Crippen molar-refractivity contribution in [1.29, 1.82) is 0 Å². The Hall–Kier alpha value is -0.860. The van der Waals surface area contributed by atoms with E-state index < -0.39 is 7.14 Å². The van der Waals surface area contributed by atoms with Gasteiger partial charge in [0.05, 0.1) is 0 Å². The van der Waals surface area contributed by atoms with Crippen LogP contribution in [0, 0.1) is 0 Å². The number of nitrogens with two attached hydrogens (primary N) is 1. The predicted molar refractivity (Wildman–Crippen MR) is 51.1 cm³/mol. The topological polar surface area (TPSA) is 68.0 Å². The summed E-state index contributed by atoms with van der Waals surface area (Å²) in [6.45, 7) is 3.42. The van der Waals surface area contributed by atoms with Gasteiger partial charge in [-0.25, -0.2) is 10.8 Å². The smallest absolute Gasteiger partial charge is 0.139 e. The van der Waals surface area contributed by atoms with E-state index in [-0.39, 0.29) is 0 Å². The largest absolute Gasteiger partial charge is 0.319 e. The van der Waals surface area contributed by atoms with Gasteiger partial charge in [-0.3, -0.25) is 0 Å². The molecule has 0 aromatic carbocycles. The normalized spacial score (nSPS) is 11.2. The lowest BCUT2D eigenvalue weighted by Crippen LogP contribution is -2.11. The molecule has 0 fully saturated rings. The Morgan fingerprint density at radius 1 is 1.50 bits per heavy atom. The molecule has 1 rings (SSSR count). The molecule has 0 amide bonds. The zero-order chi connectivity index (χ0) is 9.19. The minimum Gasteiger partial charge on any atom is -0.319 e. The molecule has 4 nitrogen and oxygen atoms in total. The van der Waals surface area contributed by atoms with Crippen molar-refractivity contribution >= 4 is 18.3 Å². The third kappa shape index (κ3) is 2.06. The van der Waals surface area contributed by atoms with Crippen LogP contribution in [-0.4, -0.2) is 18.3 Å². The number of hydrogen-bond acceptors (Lipinski definition) is 4. The maximum atomic E-state index is 11.5. The van der Waals surface area contributed by atoms with Gasteiger partial charge in [0.1, 0.15) is 13.0 Å². The Morgan fingerprint density at radius 2 is 2.17 bits per heavy atom. The number of nitrogens with zero attached hydrogens (tertiary/aromatic N) is 1. The van der Waals surface area contributed by atoms with Gasteiger partial charge >= 0.3 is 0 Å². The maximum Gasteiger partial charge on any atom is 0.139 e. The van der Waals surface area contributed by atoms with E-state index in [0.29, 0.717) is 5.82 Å². The molecule has 1 aromatic rings. The summed E-state index contributed by atoms with van der Waals surface area (Å²) in [6, 6.07) is 3.47. The van der Waals surface area contributed by atoms with Gasteiger partial charge in [-0.1, -0.05) is 0 Å². The second-order valence-electron chi connectivity index (χ2n) is 2.90. The minimum absolute atomic E-state index is 0.576. The summed E-state index contributed by atoms with van der Waals surface area (Å²) < 4.78 is 11.5. The molecule has 1 aromatic heterocycles. The molecule has 0 spiro atoms. The van der Waals surface area contributed by atoms with Crippen molar-refractivity contribution in [3.63, 3.8) is 0 Å². The minimum atomic E-state index is -2.18. The molecule has 0 bridgehead atoms. The Labute approximate surface area is 71.5 Å². The predicted octanol–water partition coefficient (Wildman–Crippen LogP) is 0.615. The third-order valence-electron chi connectivity index (χ3n) is 1.52. The standard InChI is InChI=1S/C7H12N3OP/c1-12(2,11)6-3-4-7(10-8)9-5-6/h3-5H,8H2,1-2H3,(H,9,10). The lowest BCUT2D eigenvalue weighted by molar-refractivity contribution is 0.588. The van der Waals surface area contributed by atoms with Crippen LogP contribution in [0.25, 0.3) is 0 Å². The van der Waals surface area contributed by atoms with Crippen LogP contribution in [0.1, 0.15) is 0 Å². The van der Waals surface area contributed by atoms with Gasteiger partial charge in [-0.2, -0.15) is 0 Å². The fourth-order valence-corrected chi connectivity index (χ4v) is 1.56. The average Bonchev–Trinajstić information content (AvgIpc) is 2.03. The molecule has 0 atom stereocenters. The summed E-state index contributed by atoms with van der Waals surface area (Å²) in [5.41, 5.74) is 2.40. The van der Waals surface area contributed by atoms with E-state index in [1.807, 2.05) is 0 Å². The number of nitrogens with one attached hydrogen (secondary N) is 1. The molecule has 12 heavy (non-hydrogen) atoms. The monoisotopic (exact) mass is 185 g/mol. The number of rotatable bonds is 2. The molecular formula is C7H12N3OP. The maximum absolute atomic E-state index is 11.5. The molecule has 0 aliphatic carbocycles. The van der Waals surface area contributed by atoms with Crippen LogP contribution in [0.5, 0.6) is 0 Å². The third-order valence-corrected chi connectivity index (χ3v) is 3.03. The second-order valence-corrected chi connectivity index (χ2v) is 6.11. The van der Waals surface area contributed by atoms with Crippen LogP contribution in [0.15, 0.2) is 18.3 Å². The number of hydrazine groups is 1. The lowest BCUT2D eigenvalue weighted by atomic mass is 10.5. The SMILES string of the molecule is CP(C)(=O)c1ccc(NN)nc1. The fraction of sp³-hybridized carbons (Fsp3) is 0.286. The van der Waals surface area contributed by atoms with E-state index in [4.69, 9.17) is 5.84 Å². The van der Waals surface area contributed by atoms with Gasteiger partial charge in [-0.05, 0) is 25.5 Å². The van der Waals surface area contributed by atoms with Crippen molar-refractivity contribution in [2.45, 2.75) is 0 Å². The number of hydrogen-bond donors (Lipinski definition) is 2. The van der Waals surface area contributed by atoms with E-state index in [9.17, 15) is 4.57 Å². The molecular weight excluding hydrogens is 173 g/mol. The zero-order valence-corrected chi connectivity index (χ0v) is 8.01. The number of anilines is 1. The first-order chi connectivity index (χ1) is 5.54. The van der Waals surface area contributed by atoms with Crippen LogP contribution in [-0.2, 0) is 4.57 Å². The number of aromatic nitrogens is 1. The molecule has 0 unspecified atom stereocenters. The molecule has 0 aliphatic rings. The first-order valence-corrected chi connectivity index (χ1v) is 6.12. The fourth-order valence-electron chi connectivity index (χ4n) is 0.790. The van der Waals surface area contributed by atoms with Crippen LogP contribution in [0.3, 0.4) is 0 Å². The average molecular weight is 185 g/mol.